The highest BCUT2D eigenvalue weighted by molar-refractivity contribution is 6.05. The quantitative estimate of drug-likeness (QED) is 0.289. The molecule has 0 radical (unpaired) electrons. The summed E-state index contributed by atoms with van der Waals surface area (Å²) in [5.41, 5.74) is 5.20. The number of carbonyl (C=O) groups excluding carboxylic acids is 2. The molecule has 2 heterocycles. The van der Waals surface area contributed by atoms with Gasteiger partial charge in [0, 0.05) is 41.2 Å². The molecular weight excluding hydrogens is 544 g/mol. The maximum atomic E-state index is 13.1. The summed E-state index contributed by atoms with van der Waals surface area (Å²) in [5.74, 6) is 0.439. The van der Waals surface area contributed by atoms with Crippen LogP contribution in [-0.2, 0) is 10.2 Å². The predicted molar refractivity (Wildman–Crippen MR) is 166 cm³/mol. The first-order valence-corrected chi connectivity index (χ1v) is 14.2. The molecule has 2 N–H and O–H groups in total. The summed E-state index contributed by atoms with van der Waals surface area (Å²) in [7, 11) is 1.49. The van der Waals surface area contributed by atoms with Gasteiger partial charge in [-0.15, -0.1) is 0 Å². The van der Waals surface area contributed by atoms with Crippen LogP contribution < -0.4 is 15.4 Å². The first-order valence-electron chi connectivity index (χ1n) is 14.2. The Morgan fingerprint density at radius 1 is 0.884 bits per heavy atom. The van der Waals surface area contributed by atoms with E-state index >= 15 is 0 Å². The van der Waals surface area contributed by atoms with Gasteiger partial charge in [-0.05, 0) is 65.9 Å². The number of nitrogens with one attached hydrogen (secondary N) is 2. The van der Waals surface area contributed by atoms with Crippen molar-refractivity contribution in [3.8, 4) is 17.4 Å². The smallest absolute Gasteiger partial charge is 0.321 e. The van der Waals surface area contributed by atoms with Gasteiger partial charge in [0.25, 0.3) is 11.8 Å². The van der Waals surface area contributed by atoms with Gasteiger partial charge in [-0.25, -0.2) is 0 Å². The highest BCUT2D eigenvalue weighted by Gasteiger charge is 2.19. The molecule has 4 aromatic rings. The molecule has 2 amide bonds. The number of amides is 2. The summed E-state index contributed by atoms with van der Waals surface area (Å²) in [5, 5.41) is 6.20. The van der Waals surface area contributed by atoms with E-state index < -0.39 is 0 Å². The molecule has 0 spiro atoms. The molecule has 0 atom stereocenters. The highest BCUT2D eigenvalue weighted by Crippen LogP contribution is 2.29. The molecule has 10 nitrogen and oxygen atoms in total. The third-order valence-corrected chi connectivity index (χ3v) is 7.32. The van der Waals surface area contributed by atoms with Gasteiger partial charge in [-0.3, -0.25) is 9.59 Å². The van der Waals surface area contributed by atoms with Crippen molar-refractivity contribution >= 4 is 29.1 Å². The van der Waals surface area contributed by atoms with Crippen LogP contribution in [0.5, 0.6) is 6.01 Å². The third kappa shape index (κ3) is 6.98. The summed E-state index contributed by atoms with van der Waals surface area (Å²) >= 11 is 0. The fraction of sp³-hybridized carbons (Fsp3) is 0.303. The van der Waals surface area contributed by atoms with Crippen LogP contribution >= 0.6 is 0 Å². The SMILES string of the molecule is COc1nc(Nc2ccc(C(=O)N3CCOCC3)cc2)nc(-c2cccc(NC(=O)c3ccc(C(C)(C)C)cc3)c2C)n1. The number of carbonyl (C=O) groups is 2. The minimum Gasteiger partial charge on any atom is -0.467 e. The fourth-order valence-electron chi connectivity index (χ4n) is 4.73. The number of nitrogens with zero attached hydrogens (tertiary/aromatic N) is 4. The number of hydrogen-bond acceptors (Lipinski definition) is 8. The van der Waals surface area contributed by atoms with Crippen molar-refractivity contribution in [1.82, 2.24) is 19.9 Å². The molecule has 222 valence electrons. The van der Waals surface area contributed by atoms with Crippen LogP contribution in [0.2, 0.25) is 0 Å². The Balaban J connectivity index is 1.34. The predicted octanol–water partition coefficient (Wildman–Crippen LogP) is 5.62. The number of methoxy groups -OCH3 is 1. The zero-order valence-electron chi connectivity index (χ0n) is 25.1. The minimum atomic E-state index is -0.202. The van der Waals surface area contributed by atoms with Gasteiger partial charge in [-0.1, -0.05) is 45.0 Å². The average molecular weight is 581 g/mol. The van der Waals surface area contributed by atoms with Gasteiger partial charge in [0.15, 0.2) is 5.82 Å². The Morgan fingerprint density at radius 3 is 2.21 bits per heavy atom. The molecule has 3 aromatic carbocycles. The maximum Gasteiger partial charge on any atom is 0.321 e. The Labute approximate surface area is 251 Å². The number of aromatic nitrogens is 3. The molecule has 5 rings (SSSR count). The van der Waals surface area contributed by atoms with E-state index in [1.54, 1.807) is 29.2 Å². The monoisotopic (exact) mass is 580 g/mol. The van der Waals surface area contributed by atoms with Crippen molar-refractivity contribution in [3.05, 3.63) is 89.0 Å². The first-order chi connectivity index (χ1) is 20.6. The van der Waals surface area contributed by atoms with Gasteiger partial charge in [0.1, 0.15) is 0 Å². The number of ether oxygens (including phenoxy) is 2. The van der Waals surface area contributed by atoms with Crippen molar-refractivity contribution in [2.75, 3.05) is 44.0 Å². The van der Waals surface area contributed by atoms with Gasteiger partial charge < -0.3 is 25.0 Å². The van der Waals surface area contributed by atoms with Crippen LogP contribution in [0.4, 0.5) is 17.3 Å². The van der Waals surface area contributed by atoms with E-state index in [1.807, 2.05) is 49.4 Å². The highest BCUT2D eigenvalue weighted by atomic mass is 16.5. The molecule has 10 heteroatoms. The normalized spacial score (nSPS) is 13.4. The van der Waals surface area contributed by atoms with Crippen molar-refractivity contribution in [1.29, 1.82) is 0 Å². The van der Waals surface area contributed by atoms with E-state index in [0.717, 1.165) is 16.7 Å². The molecule has 1 saturated heterocycles. The zero-order chi connectivity index (χ0) is 30.6. The first kappa shape index (κ1) is 29.7. The molecule has 1 aliphatic rings. The lowest BCUT2D eigenvalue weighted by molar-refractivity contribution is 0.0303. The topological polar surface area (TPSA) is 119 Å². The van der Waals surface area contributed by atoms with E-state index in [9.17, 15) is 9.59 Å². The molecule has 0 aliphatic carbocycles. The van der Waals surface area contributed by atoms with Crippen molar-refractivity contribution in [3.63, 3.8) is 0 Å². The number of morpholine rings is 1. The maximum absolute atomic E-state index is 13.1. The van der Waals surface area contributed by atoms with Gasteiger partial charge in [-0.2, -0.15) is 15.0 Å². The second-order valence-electron chi connectivity index (χ2n) is 11.3. The summed E-state index contributed by atoms with van der Waals surface area (Å²) in [6, 6.07) is 20.5. The van der Waals surface area contributed by atoms with E-state index in [2.05, 4.69) is 46.4 Å². The number of benzene rings is 3. The minimum absolute atomic E-state index is 0.00473. The van der Waals surface area contributed by atoms with Crippen LogP contribution in [-0.4, -0.2) is 65.1 Å². The summed E-state index contributed by atoms with van der Waals surface area (Å²) in [4.78, 5) is 41.1. The van der Waals surface area contributed by atoms with Crippen molar-refractivity contribution in [2.45, 2.75) is 33.1 Å². The zero-order valence-corrected chi connectivity index (χ0v) is 25.1. The average Bonchev–Trinajstić information content (AvgIpc) is 3.02. The molecule has 1 aromatic heterocycles. The lowest BCUT2D eigenvalue weighted by atomic mass is 9.86. The molecular formula is C33H36N6O4. The van der Waals surface area contributed by atoms with Crippen LogP contribution in [0, 0.1) is 6.92 Å². The summed E-state index contributed by atoms with van der Waals surface area (Å²) in [6.45, 7) is 10.6. The largest absolute Gasteiger partial charge is 0.467 e. The second kappa shape index (κ2) is 12.6. The van der Waals surface area contributed by atoms with Crippen LogP contribution in [0.3, 0.4) is 0 Å². The lowest BCUT2D eigenvalue weighted by Crippen LogP contribution is -2.40. The van der Waals surface area contributed by atoms with Crippen LogP contribution in [0.15, 0.2) is 66.7 Å². The van der Waals surface area contributed by atoms with Gasteiger partial charge in [0.2, 0.25) is 5.95 Å². The lowest BCUT2D eigenvalue weighted by Gasteiger charge is -2.26. The number of anilines is 3. The van der Waals surface area contributed by atoms with E-state index in [1.165, 1.54) is 7.11 Å². The van der Waals surface area contributed by atoms with Crippen molar-refractivity contribution < 1.29 is 19.1 Å². The standard InChI is InChI=1S/C33H36N6O4/c1-21-26(7-6-8-27(21)35-29(40)22-9-13-24(14-10-22)33(2,3)4)28-36-31(38-32(37-28)42-5)34-25-15-11-23(12-16-25)30(41)39-17-19-43-20-18-39/h6-16H,17-20H2,1-5H3,(H,35,40)(H,34,36,37,38). The molecule has 43 heavy (non-hydrogen) atoms. The molecule has 0 bridgehead atoms. The summed E-state index contributed by atoms with van der Waals surface area (Å²) < 4.78 is 10.7. The van der Waals surface area contributed by atoms with Crippen molar-refractivity contribution in [2.24, 2.45) is 0 Å². The number of rotatable bonds is 7. The van der Waals surface area contributed by atoms with Crippen LogP contribution in [0.1, 0.15) is 52.6 Å². The van der Waals surface area contributed by atoms with E-state index in [-0.39, 0.29) is 29.2 Å². The van der Waals surface area contributed by atoms with Gasteiger partial charge >= 0.3 is 6.01 Å². The summed E-state index contributed by atoms with van der Waals surface area (Å²) in [6.07, 6.45) is 0. The molecule has 0 unspecified atom stereocenters. The molecule has 0 saturated carbocycles. The Bertz CT molecular complexity index is 1610. The molecule has 1 fully saturated rings. The third-order valence-electron chi connectivity index (χ3n) is 7.32. The second-order valence-corrected chi connectivity index (χ2v) is 11.3. The van der Waals surface area contributed by atoms with E-state index in [4.69, 9.17) is 9.47 Å². The Kier molecular flexibility index (Phi) is 8.68. The van der Waals surface area contributed by atoms with E-state index in [0.29, 0.717) is 54.6 Å². The number of hydrogen-bond donors (Lipinski definition) is 2. The Morgan fingerprint density at radius 2 is 1.56 bits per heavy atom. The molecule has 1 aliphatic heterocycles. The Hall–Kier alpha value is -4.83. The van der Waals surface area contributed by atoms with Gasteiger partial charge in [0.05, 0.1) is 20.3 Å². The fourth-order valence-corrected chi connectivity index (χ4v) is 4.73. The van der Waals surface area contributed by atoms with Crippen LogP contribution in [0.25, 0.3) is 11.4 Å².